The second kappa shape index (κ2) is 8.16. The lowest BCUT2D eigenvalue weighted by molar-refractivity contribution is 0.0663. The molecule has 0 N–H and O–H groups in total. The van der Waals surface area contributed by atoms with E-state index in [0.717, 1.165) is 11.1 Å². The quantitative estimate of drug-likeness (QED) is 0.559. The van der Waals surface area contributed by atoms with Gasteiger partial charge in [0.15, 0.2) is 5.43 Å². The molecule has 1 amide bonds. The number of aryl methyl sites for hydroxylation is 1. The van der Waals surface area contributed by atoms with Crippen molar-refractivity contribution < 1.29 is 18.7 Å². The van der Waals surface area contributed by atoms with Gasteiger partial charge in [0.05, 0.1) is 23.6 Å². The smallest absolute Gasteiger partial charge is 0.290 e. The third-order valence-corrected chi connectivity index (χ3v) is 5.20. The van der Waals surface area contributed by atoms with Gasteiger partial charge in [-0.1, -0.05) is 36.4 Å². The van der Waals surface area contributed by atoms with E-state index in [2.05, 4.69) is 6.58 Å². The molecule has 0 bridgehead atoms. The second-order valence-corrected chi connectivity index (χ2v) is 7.24. The molecule has 1 unspecified atom stereocenters. The van der Waals surface area contributed by atoms with Crippen LogP contribution in [-0.4, -0.2) is 37.7 Å². The van der Waals surface area contributed by atoms with E-state index >= 15 is 0 Å². The average Bonchev–Trinajstić information content (AvgIpc) is 3.03. The van der Waals surface area contributed by atoms with Crippen molar-refractivity contribution in [2.24, 2.45) is 0 Å². The van der Waals surface area contributed by atoms with E-state index in [0.29, 0.717) is 42.0 Å². The normalized spacial score (nSPS) is 15.5. The van der Waals surface area contributed by atoms with Gasteiger partial charge in [0.2, 0.25) is 5.76 Å². The van der Waals surface area contributed by atoms with Crippen molar-refractivity contribution in [3.8, 4) is 5.75 Å². The van der Waals surface area contributed by atoms with E-state index in [1.807, 2.05) is 37.3 Å². The summed E-state index contributed by atoms with van der Waals surface area (Å²) < 4.78 is 16.8. The number of amides is 1. The number of hydrogen-bond acceptors (Lipinski definition) is 5. The number of hydrogen-bond donors (Lipinski definition) is 0. The van der Waals surface area contributed by atoms with Crippen LogP contribution in [0.5, 0.6) is 5.75 Å². The Labute approximate surface area is 174 Å². The van der Waals surface area contributed by atoms with E-state index in [4.69, 9.17) is 13.9 Å². The molecular formula is C24H23NO5. The van der Waals surface area contributed by atoms with Crippen molar-refractivity contribution in [3.63, 3.8) is 0 Å². The molecule has 154 valence electrons. The van der Waals surface area contributed by atoms with E-state index < -0.39 is 6.04 Å². The van der Waals surface area contributed by atoms with Crippen LogP contribution in [0, 0.1) is 6.92 Å². The number of benzene rings is 2. The lowest BCUT2D eigenvalue weighted by Gasteiger charge is -2.25. The molecule has 0 aliphatic carbocycles. The molecule has 0 spiro atoms. The number of carbonyl (C=O) groups is 1. The van der Waals surface area contributed by atoms with Gasteiger partial charge in [0, 0.05) is 13.7 Å². The Balaban J connectivity index is 1.91. The zero-order valence-electron chi connectivity index (χ0n) is 17.0. The van der Waals surface area contributed by atoms with Crippen LogP contribution in [0.15, 0.2) is 64.3 Å². The SMILES string of the molecule is C=CCOc1cccc(C2c3c(oc4ccc(C)cc4c3=O)C(=O)N2CCOC)c1. The van der Waals surface area contributed by atoms with Gasteiger partial charge < -0.3 is 18.8 Å². The van der Waals surface area contributed by atoms with E-state index in [1.165, 1.54) is 0 Å². The summed E-state index contributed by atoms with van der Waals surface area (Å²) in [5.41, 5.74) is 2.31. The van der Waals surface area contributed by atoms with Crippen LogP contribution >= 0.6 is 0 Å². The maximum Gasteiger partial charge on any atom is 0.290 e. The lowest BCUT2D eigenvalue weighted by Crippen LogP contribution is -2.32. The predicted octanol–water partition coefficient (Wildman–Crippen LogP) is 3.86. The fourth-order valence-corrected chi connectivity index (χ4v) is 3.83. The molecule has 1 aliphatic rings. The van der Waals surface area contributed by atoms with Crippen LogP contribution in [0.1, 0.15) is 33.3 Å². The molecular weight excluding hydrogens is 382 g/mol. The topological polar surface area (TPSA) is 69.0 Å². The largest absolute Gasteiger partial charge is 0.490 e. The Morgan fingerprint density at radius 1 is 1.20 bits per heavy atom. The van der Waals surface area contributed by atoms with Crippen LogP contribution < -0.4 is 10.2 Å². The first-order valence-corrected chi connectivity index (χ1v) is 9.76. The highest BCUT2D eigenvalue weighted by molar-refractivity contribution is 5.99. The summed E-state index contributed by atoms with van der Waals surface area (Å²) in [6.45, 7) is 6.62. The first-order valence-electron chi connectivity index (χ1n) is 9.76. The number of fused-ring (bicyclic) bond motifs is 2. The zero-order valence-corrected chi connectivity index (χ0v) is 17.0. The van der Waals surface area contributed by atoms with Gasteiger partial charge in [-0.25, -0.2) is 0 Å². The van der Waals surface area contributed by atoms with Gasteiger partial charge in [0.1, 0.15) is 17.9 Å². The van der Waals surface area contributed by atoms with Gasteiger partial charge in [-0.05, 0) is 36.8 Å². The van der Waals surface area contributed by atoms with Gasteiger partial charge >= 0.3 is 0 Å². The van der Waals surface area contributed by atoms with Crippen LogP contribution in [0.4, 0.5) is 0 Å². The molecule has 3 aromatic rings. The summed E-state index contributed by atoms with van der Waals surface area (Å²) in [5.74, 6) is 0.417. The summed E-state index contributed by atoms with van der Waals surface area (Å²) in [5, 5.41) is 0.471. The van der Waals surface area contributed by atoms with Crippen molar-refractivity contribution in [3.05, 3.63) is 87.8 Å². The molecule has 1 aliphatic heterocycles. The lowest BCUT2D eigenvalue weighted by atomic mass is 9.98. The molecule has 1 aromatic heterocycles. The molecule has 0 saturated carbocycles. The molecule has 6 heteroatoms. The Bertz CT molecular complexity index is 1180. The fraction of sp³-hybridized carbons (Fsp3) is 0.250. The second-order valence-electron chi connectivity index (χ2n) is 7.24. The summed E-state index contributed by atoms with van der Waals surface area (Å²) in [4.78, 5) is 28.3. The Hall–Kier alpha value is -3.38. The van der Waals surface area contributed by atoms with Crippen LogP contribution in [0.2, 0.25) is 0 Å². The summed E-state index contributed by atoms with van der Waals surface area (Å²) in [6, 6.07) is 12.2. The molecule has 2 heterocycles. The highest BCUT2D eigenvalue weighted by atomic mass is 16.5. The Morgan fingerprint density at radius 2 is 2.03 bits per heavy atom. The number of nitrogens with zero attached hydrogens (tertiary/aromatic N) is 1. The average molecular weight is 405 g/mol. The zero-order chi connectivity index (χ0) is 21.3. The van der Waals surface area contributed by atoms with E-state index in [-0.39, 0.29) is 17.1 Å². The minimum atomic E-state index is -0.573. The number of rotatable bonds is 7. The number of ether oxygens (including phenoxy) is 2. The van der Waals surface area contributed by atoms with Crippen LogP contribution in [0.25, 0.3) is 11.0 Å². The van der Waals surface area contributed by atoms with Crippen LogP contribution in [-0.2, 0) is 4.74 Å². The van der Waals surface area contributed by atoms with Gasteiger partial charge in [0.25, 0.3) is 5.91 Å². The van der Waals surface area contributed by atoms with Crippen molar-refractivity contribution >= 4 is 16.9 Å². The molecule has 1 atom stereocenters. The molecule has 6 nitrogen and oxygen atoms in total. The number of carbonyl (C=O) groups excluding carboxylic acids is 1. The summed E-state index contributed by atoms with van der Waals surface area (Å²) >= 11 is 0. The predicted molar refractivity (Wildman–Crippen MR) is 114 cm³/mol. The maximum absolute atomic E-state index is 13.5. The van der Waals surface area contributed by atoms with Crippen LogP contribution in [0.3, 0.4) is 0 Å². The van der Waals surface area contributed by atoms with Crippen molar-refractivity contribution in [1.82, 2.24) is 4.90 Å². The van der Waals surface area contributed by atoms with Crippen molar-refractivity contribution in [2.75, 3.05) is 26.9 Å². The third kappa shape index (κ3) is 3.39. The third-order valence-electron chi connectivity index (χ3n) is 5.20. The summed E-state index contributed by atoms with van der Waals surface area (Å²) in [6.07, 6.45) is 1.66. The minimum Gasteiger partial charge on any atom is -0.490 e. The molecule has 4 rings (SSSR count). The molecule has 2 aromatic carbocycles. The van der Waals surface area contributed by atoms with Gasteiger partial charge in [-0.2, -0.15) is 0 Å². The minimum absolute atomic E-state index is 0.0925. The molecule has 0 radical (unpaired) electrons. The van der Waals surface area contributed by atoms with Crippen molar-refractivity contribution in [1.29, 1.82) is 0 Å². The number of methoxy groups -OCH3 is 1. The standard InChI is InChI=1S/C24H23NO5/c1-4-11-29-17-7-5-6-16(14-17)21-20-22(26)18-13-15(2)8-9-19(18)30-23(20)24(27)25(21)10-12-28-3/h4-9,13-14,21H,1,10-12H2,2-3H3. The first kappa shape index (κ1) is 19.9. The highest BCUT2D eigenvalue weighted by Gasteiger charge is 2.42. The van der Waals surface area contributed by atoms with E-state index in [9.17, 15) is 9.59 Å². The maximum atomic E-state index is 13.5. The molecule has 0 fully saturated rings. The van der Waals surface area contributed by atoms with Gasteiger partial charge in [-0.15, -0.1) is 0 Å². The van der Waals surface area contributed by atoms with E-state index in [1.54, 1.807) is 30.2 Å². The Morgan fingerprint density at radius 3 is 2.80 bits per heavy atom. The highest BCUT2D eigenvalue weighted by Crippen LogP contribution is 2.38. The molecule has 0 saturated heterocycles. The Kier molecular flexibility index (Phi) is 5.42. The monoisotopic (exact) mass is 405 g/mol. The fourth-order valence-electron chi connectivity index (χ4n) is 3.83. The van der Waals surface area contributed by atoms with Crippen molar-refractivity contribution in [2.45, 2.75) is 13.0 Å². The summed E-state index contributed by atoms with van der Waals surface area (Å²) in [7, 11) is 1.58. The molecule has 30 heavy (non-hydrogen) atoms. The first-order chi connectivity index (χ1) is 14.5. The van der Waals surface area contributed by atoms with Gasteiger partial charge in [-0.3, -0.25) is 9.59 Å².